The van der Waals surface area contributed by atoms with Gasteiger partial charge in [-0.05, 0) is 61.3 Å². The lowest BCUT2D eigenvalue weighted by Gasteiger charge is -2.50. The average Bonchev–Trinajstić information content (AvgIpc) is 3.04. The fourth-order valence-electron chi connectivity index (χ4n) is 5.84. The topological polar surface area (TPSA) is 85.8 Å². The van der Waals surface area contributed by atoms with E-state index < -0.39 is 12.0 Å². The Bertz CT molecular complexity index is 892. The van der Waals surface area contributed by atoms with Crippen molar-refractivity contribution in [2.24, 2.45) is 17.8 Å². The molecule has 3 aliphatic rings. The van der Waals surface area contributed by atoms with Gasteiger partial charge in [-0.2, -0.15) is 0 Å². The molecule has 27 heavy (non-hydrogen) atoms. The van der Waals surface area contributed by atoms with Gasteiger partial charge in [0.1, 0.15) is 5.75 Å². The van der Waals surface area contributed by atoms with Crippen LogP contribution >= 0.6 is 0 Å². The number of nitrogens with zero attached hydrogens (tertiary/aromatic N) is 1. The molecule has 2 unspecified atom stereocenters. The monoisotopic (exact) mass is 370 g/mol. The Kier molecular flexibility index (Phi) is 3.95. The van der Waals surface area contributed by atoms with Gasteiger partial charge in [0.25, 0.3) is 0 Å². The van der Waals surface area contributed by atoms with E-state index in [-0.39, 0.29) is 23.7 Å². The molecule has 144 valence electrons. The molecule has 1 aliphatic carbocycles. The number of benzene rings is 1. The van der Waals surface area contributed by atoms with E-state index in [1.54, 1.807) is 6.07 Å². The molecule has 5 atom stereocenters. The number of phenols is 1. The highest BCUT2D eigenvalue weighted by Crippen LogP contribution is 2.49. The van der Waals surface area contributed by atoms with Gasteiger partial charge in [-0.1, -0.05) is 0 Å². The summed E-state index contributed by atoms with van der Waals surface area (Å²) in [6.45, 7) is 1.96. The molecule has 6 heteroatoms. The number of piperidine rings is 1. The second-order valence-electron chi connectivity index (χ2n) is 8.36. The Morgan fingerprint density at radius 3 is 3.00 bits per heavy atom. The highest BCUT2D eigenvalue weighted by Gasteiger charge is 2.49. The molecule has 2 aromatic rings. The molecule has 1 aromatic carbocycles. The molecule has 1 aromatic heterocycles. The quantitative estimate of drug-likeness (QED) is 0.671. The smallest absolute Gasteiger partial charge is 0.311 e. The van der Waals surface area contributed by atoms with E-state index in [0.717, 1.165) is 43.3 Å². The molecule has 0 spiro atoms. The van der Waals surface area contributed by atoms with Crippen LogP contribution in [-0.2, 0) is 16.0 Å². The van der Waals surface area contributed by atoms with Crippen LogP contribution < -0.4 is 0 Å². The number of methoxy groups -OCH3 is 1. The molecule has 1 saturated heterocycles. The molecule has 2 fully saturated rings. The molecule has 0 radical (unpaired) electrons. The maximum atomic E-state index is 12.4. The Labute approximate surface area is 158 Å². The number of phenolic OH excluding ortho intramolecular Hbond substituents is 1. The van der Waals surface area contributed by atoms with E-state index >= 15 is 0 Å². The van der Waals surface area contributed by atoms with Crippen molar-refractivity contribution in [3.63, 3.8) is 0 Å². The van der Waals surface area contributed by atoms with Crippen molar-refractivity contribution in [1.82, 2.24) is 9.88 Å². The van der Waals surface area contributed by atoms with Gasteiger partial charge in [0.2, 0.25) is 0 Å². The molecular weight excluding hydrogens is 344 g/mol. The number of ether oxygens (including phenoxy) is 1. The fourth-order valence-corrected chi connectivity index (χ4v) is 5.84. The van der Waals surface area contributed by atoms with Crippen LogP contribution in [0.15, 0.2) is 18.2 Å². The molecule has 2 aliphatic heterocycles. The number of carbonyl (C=O) groups excluding carboxylic acids is 1. The summed E-state index contributed by atoms with van der Waals surface area (Å²) >= 11 is 0. The average molecular weight is 370 g/mol. The number of aromatic nitrogens is 1. The molecule has 3 N–H and O–H groups in total. The number of fused-ring (bicyclic) bond motifs is 6. The first-order valence-electron chi connectivity index (χ1n) is 9.90. The van der Waals surface area contributed by atoms with Crippen molar-refractivity contribution in [2.45, 2.75) is 37.8 Å². The molecule has 6 nitrogen and oxygen atoms in total. The summed E-state index contributed by atoms with van der Waals surface area (Å²) in [5, 5.41) is 21.5. The number of aromatic hydroxyl groups is 1. The third-order valence-electron chi connectivity index (χ3n) is 7.10. The summed E-state index contributed by atoms with van der Waals surface area (Å²) in [6.07, 6.45) is 2.86. The van der Waals surface area contributed by atoms with Crippen molar-refractivity contribution in [3.8, 4) is 5.75 Å². The van der Waals surface area contributed by atoms with Gasteiger partial charge >= 0.3 is 5.97 Å². The van der Waals surface area contributed by atoms with Crippen molar-refractivity contribution in [2.75, 3.05) is 20.2 Å². The van der Waals surface area contributed by atoms with Crippen LogP contribution in [0.1, 0.15) is 36.6 Å². The van der Waals surface area contributed by atoms with Crippen molar-refractivity contribution in [3.05, 3.63) is 29.5 Å². The highest BCUT2D eigenvalue weighted by molar-refractivity contribution is 5.86. The standard InChI is InChI=1S/C21H26N2O4/c1-27-21(26)19-14-9-17-20-13(15-8-12(24)3-4-16(15)22-20)6-7-23(17)10-11(14)2-5-18(19)25/h3-4,8,11,14,17-19,22,24-25H,2,5-7,9-10H2,1H3/t11-,14+,17+,18?,19?/m0/s1. The first kappa shape index (κ1) is 17.1. The number of aliphatic hydroxyl groups is 1. The van der Waals surface area contributed by atoms with Gasteiger partial charge in [-0.25, -0.2) is 0 Å². The number of hydrogen-bond acceptors (Lipinski definition) is 5. The van der Waals surface area contributed by atoms with Crippen molar-refractivity contribution in [1.29, 1.82) is 0 Å². The first-order chi connectivity index (χ1) is 13.1. The van der Waals surface area contributed by atoms with Crippen LogP contribution in [0.3, 0.4) is 0 Å². The largest absolute Gasteiger partial charge is 0.508 e. The normalized spacial score (nSPS) is 33.2. The molecule has 0 amide bonds. The predicted molar refractivity (Wildman–Crippen MR) is 100 cm³/mol. The predicted octanol–water partition coefficient (Wildman–Crippen LogP) is 2.35. The Morgan fingerprint density at radius 2 is 2.19 bits per heavy atom. The third kappa shape index (κ3) is 2.57. The van der Waals surface area contributed by atoms with Crippen LogP contribution in [0, 0.1) is 17.8 Å². The number of esters is 1. The number of carbonyl (C=O) groups is 1. The van der Waals surface area contributed by atoms with E-state index in [9.17, 15) is 15.0 Å². The van der Waals surface area contributed by atoms with E-state index in [4.69, 9.17) is 4.74 Å². The van der Waals surface area contributed by atoms with Crippen LogP contribution in [0.2, 0.25) is 0 Å². The van der Waals surface area contributed by atoms with Gasteiger partial charge in [-0.3, -0.25) is 9.69 Å². The zero-order valence-electron chi connectivity index (χ0n) is 15.5. The molecule has 1 saturated carbocycles. The summed E-state index contributed by atoms with van der Waals surface area (Å²) in [5.41, 5.74) is 3.55. The maximum absolute atomic E-state index is 12.4. The molecular formula is C21H26N2O4. The van der Waals surface area contributed by atoms with Crippen LogP contribution in [-0.4, -0.2) is 52.4 Å². The summed E-state index contributed by atoms with van der Waals surface area (Å²) < 4.78 is 5.03. The Hall–Kier alpha value is -2.05. The van der Waals surface area contributed by atoms with Gasteiger partial charge in [0.15, 0.2) is 0 Å². The molecule has 5 rings (SSSR count). The van der Waals surface area contributed by atoms with Crippen molar-refractivity contribution >= 4 is 16.9 Å². The fraction of sp³-hybridized carbons (Fsp3) is 0.571. The summed E-state index contributed by atoms with van der Waals surface area (Å²) in [6, 6.07) is 5.71. The SMILES string of the molecule is COC(=O)C1C(O)CC[C@H]2CN3CCc4c([nH]c5ccc(O)cc45)[C@H]3C[C@@H]12. The lowest BCUT2D eigenvalue weighted by Crippen LogP contribution is -2.53. The third-order valence-corrected chi connectivity index (χ3v) is 7.10. The van der Waals surface area contributed by atoms with Gasteiger partial charge in [0, 0.05) is 29.7 Å². The second kappa shape index (κ2) is 6.24. The lowest BCUT2D eigenvalue weighted by atomic mass is 9.65. The van der Waals surface area contributed by atoms with Gasteiger partial charge < -0.3 is 19.9 Å². The summed E-state index contributed by atoms with van der Waals surface area (Å²) in [5.74, 6) is 0.173. The maximum Gasteiger partial charge on any atom is 0.311 e. The zero-order valence-corrected chi connectivity index (χ0v) is 15.5. The Morgan fingerprint density at radius 1 is 1.33 bits per heavy atom. The molecule has 0 bridgehead atoms. The second-order valence-corrected chi connectivity index (χ2v) is 8.36. The number of aliphatic hydroxyl groups excluding tert-OH is 1. The minimum absolute atomic E-state index is 0.146. The number of rotatable bonds is 1. The summed E-state index contributed by atoms with van der Waals surface area (Å²) in [7, 11) is 1.41. The Balaban J connectivity index is 1.53. The van der Waals surface area contributed by atoms with Crippen LogP contribution in [0.4, 0.5) is 0 Å². The van der Waals surface area contributed by atoms with Gasteiger partial charge in [0.05, 0.1) is 25.2 Å². The minimum atomic E-state index is -0.604. The summed E-state index contributed by atoms with van der Waals surface area (Å²) in [4.78, 5) is 18.5. The minimum Gasteiger partial charge on any atom is -0.508 e. The van der Waals surface area contributed by atoms with E-state index in [1.807, 2.05) is 12.1 Å². The molecule has 3 heterocycles. The number of H-pyrrole nitrogens is 1. The number of aromatic amines is 1. The highest BCUT2D eigenvalue weighted by atomic mass is 16.5. The zero-order chi connectivity index (χ0) is 18.7. The van der Waals surface area contributed by atoms with E-state index in [2.05, 4.69) is 9.88 Å². The van der Waals surface area contributed by atoms with Crippen LogP contribution in [0.25, 0.3) is 10.9 Å². The first-order valence-corrected chi connectivity index (χ1v) is 9.90. The van der Waals surface area contributed by atoms with Crippen LogP contribution in [0.5, 0.6) is 5.75 Å². The van der Waals surface area contributed by atoms with E-state index in [0.29, 0.717) is 12.3 Å². The van der Waals surface area contributed by atoms with E-state index in [1.165, 1.54) is 18.4 Å². The van der Waals surface area contributed by atoms with Gasteiger partial charge in [-0.15, -0.1) is 0 Å². The number of hydrogen-bond donors (Lipinski definition) is 3. The van der Waals surface area contributed by atoms with Crippen molar-refractivity contribution < 1.29 is 19.7 Å². The lowest BCUT2D eigenvalue weighted by molar-refractivity contribution is -0.160. The number of nitrogens with one attached hydrogen (secondary N) is 1.